The first-order valence-electron chi connectivity index (χ1n) is 9.18. The van der Waals surface area contributed by atoms with Crippen LogP contribution < -0.4 is 0 Å². The monoisotopic (exact) mass is 356 g/mol. The lowest BCUT2D eigenvalue weighted by Crippen LogP contribution is -2.51. The minimum Gasteiger partial charge on any atom is -0.339 e. The summed E-state index contributed by atoms with van der Waals surface area (Å²) in [6.07, 6.45) is 2.71. The van der Waals surface area contributed by atoms with Gasteiger partial charge in [0.1, 0.15) is 0 Å². The predicted octanol–water partition coefficient (Wildman–Crippen LogP) is 2.22. The highest BCUT2D eigenvalue weighted by Gasteiger charge is 2.26. The second-order valence-electron chi connectivity index (χ2n) is 8.35. The molecule has 6 heteroatoms. The van der Waals surface area contributed by atoms with E-state index < -0.39 is 0 Å². The smallest absolute Gasteiger partial charge is 0.227 e. The van der Waals surface area contributed by atoms with E-state index in [0.29, 0.717) is 39.0 Å². The molecule has 140 valence electrons. The molecule has 1 aliphatic heterocycles. The molecule has 2 heterocycles. The molecular weight excluding hydrogens is 328 g/mol. The first-order valence-corrected chi connectivity index (χ1v) is 9.18. The number of nitrogens with zero attached hydrogens (tertiary/aromatic N) is 4. The minimum absolute atomic E-state index is 0.00580. The molecule has 0 spiro atoms. The van der Waals surface area contributed by atoms with Crippen molar-refractivity contribution in [1.82, 2.24) is 19.4 Å². The van der Waals surface area contributed by atoms with Gasteiger partial charge in [0.15, 0.2) is 0 Å². The third kappa shape index (κ3) is 4.23. The van der Waals surface area contributed by atoms with E-state index in [1.807, 2.05) is 39.6 Å². The largest absolute Gasteiger partial charge is 0.339 e. The zero-order chi connectivity index (χ0) is 18.9. The Labute approximate surface area is 154 Å². The van der Waals surface area contributed by atoms with E-state index in [2.05, 4.69) is 25.8 Å². The van der Waals surface area contributed by atoms with E-state index in [1.54, 1.807) is 6.33 Å². The topological polar surface area (TPSA) is 58.4 Å². The first-order chi connectivity index (χ1) is 12.2. The summed E-state index contributed by atoms with van der Waals surface area (Å²) >= 11 is 0. The van der Waals surface area contributed by atoms with Crippen molar-refractivity contribution in [2.45, 2.75) is 33.6 Å². The number of fused-ring (bicyclic) bond motifs is 1. The lowest BCUT2D eigenvalue weighted by molar-refractivity contribution is -0.140. The Morgan fingerprint density at radius 2 is 1.65 bits per heavy atom. The van der Waals surface area contributed by atoms with Crippen LogP contribution in [-0.4, -0.2) is 57.3 Å². The molecular formula is C20H28N4O2. The van der Waals surface area contributed by atoms with Crippen molar-refractivity contribution in [3.05, 3.63) is 30.1 Å². The van der Waals surface area contributed by atoms with Gasteiger partial charge in [0.2, 0.25) is 11.8 Å². The highest BCUT2D eigenvalue weighted by Crippen LogP contribution is 2.20. The molecule has 26 heavy (non-hydrogen) atoms. The summed E-state index contributed by atoms with van der Waals surface area (Å²) in [4.78, 5) is 33.0. The van der Waals surface area contributed by atoms with E-state index in [9.17, 15) is 9.59 Å². The van der Waals surface area contributed by atoms with Crippen LogP contribution in [0.1, 0.15) is 32.8 Å². The van der Waals surface area contributed by atoms with Crippen LogP contribution in [0.2, 0.25) is 0 Å². The minimum atomic E-state index is -0.00580. The fourth-order valence-electron chi connectivity index (χ4n) is 3.35. The molecule has 0 bridgehead atoms. The number of aromatic nitrogens is 2. The van der Waals surface area contributed by atoms with E-state index >= 15 is 0 Å². The van der Waals surface area contributed by atoms with Gasteiger partial charge in [-0.2, -0.15) is 0 Å². The first kappa shape index (κ1) is 18.4. The van der Waals surface area contributed by atoms with Gasteiger partial charge in [-0.1, -0.05) is 26.8 Å². The van der Waals surface area contributed by atoms with Crippen LogP contribution >= 0.6 is 0 Å². The number of imidazole rings is 1. The van der Waals surface area contributed by atoms with Crippen LogP contribution in [0.3, 0.4) is 0 Å². The molecule has 0 radical (unpaired) electrons. The number of rotatable bonds is 3. The van der Waals surface area contributed by atoms with Crippen molar-refractivity contribution in [1.29, 1.82) is 0 Å². The van der Waals surface area contributed by atoms with E-state index in [4.69, 9.17) is 0 Å². The predicted molar refractivity (Wildman–Crippen MR) is 102 cm³/mol. The number of aryl methyl sites for hydroxylation is 1. The second kappa shape index (κ2) is 7.09. The van der Waals surface area contributed by atoms with Gasteiger partial charge in [0, 0.05) is 39.6 Å². The van der Waals surface area contributed by atoms with Gasteiger partial charge < -0.3 is 14.4 Å². The molecule has 0 unspecified atom stereocenters. The van der Waals surface area contributed by atoms with Crippen LogP contribution in [0.15, 0.2) is 24.5 Å². The summed E-state index contributed by atoms with van der Waals surface area (Å²) in [5, 5.41) is 0. The molecule has 1 fully saturated rings. The summed E-state index contributed by atoms with van der Waals surface area (Å²) < 4.78 is 1.97. The van der Waals surface area contributed by atoms with Gasteiger partial charge in [-0.05, 0) is 23.1 Å². The van der Waals surface area contributed by atoms with E-state index in [0.717, 1.165) is 16.6 Å². The van der Waals surface area contributed by atoms with Gasteiger partial charge in [-0.15, -0.1) is 0 Å². The third-order valence-corrected chi connectivity index (χ3v) is 4.81. The Kier molecular flexibility index (Phi) is 5.03. The molecule has 2 amide bonds. The molecule has 0 saturated carbocycles. The van der Waals surface area contributed by atoms with Gasteiger partial charge in [0.05, 0.1) is 23.8 Å². The number of carbonyl (C=O) groups is 2. The number of piperazine rings is 1. The number of benzene rings is 1. The summed E-state index contributed by atoms with van der Waals surface area (Å²) in [6, 6.07) is 5.98. The molecule has 0 atom stereocenters. The average Bonchev–Trinajstić information content (AvgIpc) is 2.94. The van der Waals surface area contributed by atoms with Gasteiger partial charge in [-0.3, -0.25) is 9.59 Å². The third-order valence-electron chi connectivity index (χ3n) is 4.81. The molecule has 1 aromatic heterocycles. The lowest BCUT2D eigenvalue weighted by Gasteiger charge is -2.36. The lowest BCUT2D eigenvalue weighted by atomic mass is 9.91. The summed E-state index contributed by atoms with van der Waals surface area (Å²) in [5.74, 6) is 0.299. The Hall–Kier alpha value is -2.37. The van der Waals surface area contributed by atoms with Gasteiger partial charge in [-0.25, -0.2) is 4.98 Å². The molecule has 2 aromatic rings. The molecule has 1 saturated heterocycles. The van der Waals surface area contributed by atoms with Crippen molar-refractivity contribution < 1.29 is 9.59 Å². The van der Waals surface area contributed by atoms with Crippen molar-refractivity contribution >= 4 is 22.8 Å². The van der Waals surface area contributed by atoms with Crippen LogP contribution in [0.25, 0.3) is 11.0 Å². The van der Waals surface area contributed by atoms with Crippen molar-refractivity contribution in [2.75, 3.05) is 26.2 Å². The molecule has 6 nitrogen and oxygen atoms in total. The average molecular weight is 356 g/mol. The highest BCUT2D eigenvalue weighted by molar-refractivity contribution is 5.82. The Morgan fingerprint density at radius 1 is 1.04 bits per heavy atom. The Bertz CT molecular complexity index is 811. The van der Waals surface area contributed by atoms with E-state index in [-0.39, 0.29) is 17.2 Å². The standard InChI is InChI=1S/C20H28N4O2/c1-20(2,3)13-19(26)24-9-7-23(8-10-24)18(25)12-15-5-6-17-16(11-15)21-14-22(17)4/h5-6,11,14H,7-10,12-13H2,1-4H3. The van der Waals surface area contributed by atoms with Gasteiger partial charge in [0.25, 0.3) is 0 Å². The van der Waals surface area contributed by atoms with Crippen molar-refractivity contribution in [3.8, 4) is 0 Å². The number of carbonyl (C=O) groups excluding carboxylic acids is 2. The maximum atomic E-state index is 12.6. The fourth-order valence-corrected chi connectivity index (χ4v) is 3.35. The van der Waals surface area contributed by atoms with Crippen LogP contribution in [0.5, 0.6) is 0 Å². The van der Waals surface area contributed by atoms with Crippen LogP contribution in [-0.2, 0) is 23.1 Å². The zero-order valence-electron chi connectivity index (χ0n) is 16.2. The van der Waals surface area contributed by atoms with Crippen molar-refractivity contribution in [2.24, 2.45) is 12.5 Å². The SMILES string of the molecule is Cn1cnc2cc(CC(=O)N3CCN(C(=O)CC(C)(C)C)CC3)ccc21. The molecule has 1 aromatic carbocycles. The quantitative estimate of drug-likeness (QED) is 0.847. The molecule has 0 aliphatic carbocycles. The maximum absolute atomic E-state index is 12.6. The Balaban J connectivity index is 1.55. The fraction of sp³-hybridized carbons (Fsp3) is 0.550. The number of hydrogen-bond donors (Lipinski definition) is 0. The van der Waals surface area contributed by atoms with Crippen molar-refractivity contribution in [3.63, 3.8) is 0 Å². The zero-order valence-corrected chi connectivity index (χ0v) is 16.2. The summed E-state index contributed by atoms with van der Waals surface area (Å²) in [7, 11) is 1.96. The summed E-state index contributed by atoms with van der Waals surface area (Å²) in [5.41, 5.74) is 2.95. The molecule has 1 aliphatic rings. The normalized spacial score (nSPS) is 15.5. The second-order valence-corrected chi connectivity index (χ2v) is 8.35. The number of amides is 2. The van der Waals surface area contributed by atoms with Crippen LogP contribution in [0.4, 0.5) is 0 Å². The molecule has 3 rings (SSSR count). The highest BCUT2D eigenvalue weighted by atomic mass is 16.2. The van der Waals surface area contributed by atoms with Crippen LogP contribution in [0, 0.1) is 5.41 Å². The Morgan fingerprint density at radius 3 is 2.27 bits per heavy atom. The van der Waals surface area contributed by atoms with Gasteiger partial charge >= 0.3 is 0 Å². The maximum Gasteiger partial charge on any atom is 0.227 e. The van der Waals surface area contributed by atoms with E-state index in [1.165, 1.54) is 0 Å². The number of hydrogen-bond acceptors (Lipinski definition) is 3. The summed E-state index contributed by atoms with van der Waals surface area (Å²) in [6.45, 7) is 8.69. The molecule has 0 N–H and O–H groups in total.